The quantitative estimate of drug-likeness (QED) is 0.598. The normalized spacial score (nSPS) is 26.1. The van der Waals surface area contributed by atoms with Crippen LogP contribution in [0.2, 0.25) is 0 Å². The highest BCUT2D eigenvalue weighted by Gasteiger charge is 2.45. The molecule has 2 aromatic rings. The molecule has 37 heavy (non-hydrogen) atoms. The Morgan fingerprint density at radius 3 is 2.54 bits per heavy atom. The third-order valence-electron chi connectivity index (χ3n) is 7.22. The van der Waals surface area contributed by atoms with Gasteiger partial charge in [0, 0.05) is 31.1 Å². The Labute approximate surface area is 221 Å². The summed E-state index contributed by atoms with van der Waals surface area (Å²) in [5.41, 5.74) is 7.10. The third kappa shape index (κ3) is 5.31. The van der Waals surface area contributed by atoms with Crippen molar-refractivity contribution in [2.45, 2.75) is 54.7 Å². The molecule has 3 aliphatic heterocycles. The van der Waals surface area contributed by atoms with Gasteiger partial charge in [0.1, 0.15) is 17.6 Å². The highest BCUT2D eigenvalue weighted by molar-refractivity contribution is 7.89. The number of nitrogens with two attached hydrogens (primary N) is 1. The topological polar surface area (TPSA) is 122 Å². The maximum Gasteiger partial charge on any atom is 0.243 e. The van der Waals surface area contributed by atoms with E-state index in [0.717, 1.165) is 23.4 Å². The zero-order valence-corrected chi connectivity index (χ0v) is 21.7. The van der Waals surface area contributed by atoms with Crippen LogP contribution < -0.4 is 15.8 Å². The van der Waals surface area contributed by atoms with Gasteiger partial charge >= 0.3 is 0 Å². The fourth-order valence-corrected chi connectivity index (χ4v) is 6.85. The van der Waals surface area contributed by atoms with E-state index in [1.165, 1.54) is 16.4 Å². The van der Waals surface area contributed by atoms with Gasteiger partial charge in [0.2, 0.25) is 21.8 Å². The van der Waals surface area contributed by atoms with Crippen LogP contribution in [0.4, 0.5) is 4.39 Å². The molecule has 0 aliphatic carbocycles. The molecule has 3 aliphatic rings. The molecule has 3 heterocycles. The van der Waals surface area contributed by atoms with Crippen LogP contribution in [-0.2, 0) is 19.6 Å². The Hall–Kier alpha value is -2.73. The van der Waals surface area contributed by atoms with Crippen molar-refractivity contribution in [3.8, 4) is 5.75 Å². The molecule has 9 nitrogen and oxygen atoms in total. The predicted molar refractivity (Wildman–Crippen MR) is 136 cm³/mol. The number of benzene rings is 2. The molecule has 2 amide bonds. The Balaban J connectivity index is 0.00000320. The summed E-state index contributed by atoms with van der Waals surface area (Å²) in [7, 11) is -3.96. The summed E-state index contributed by atoms with van der Waals surface area (Å²) in [5, 5.41) is 3.09. The number of rotatable bonds is 4. The van der Waals surface area contributed by atoms with Crippen molar-refractivity contribution in [2.75, 3.05) is 19.7 Å². The summed E-state index contributed by atoms with van der Waals surface area (Å²) in [6.45, 7) is 0.411. The smallest absolute Gasteiger partial charge is 0.243 e. The van der Waals surface area contributed by atoms with Gasteiger partial charge in [0.15, 0.2) is 0 Å². The molecule has 0 bridgehead atoms. The van der Waals surface area contributed by atoms with Crippen molar-refractivity contribution in [3.05, 3.63) is 59.9 Å². The molecule has 0 aromatic heterocycles. The molecule has 0 unspecified atom stereocenters. The summed E-state index contributed by atoms with van der Waals surface area (Å²) >= 11 is 0. The van der Waals surface area contributed by atoms with Crippen LogP contribution in [0.15, 0.2) is 53.4 Å². The number of halogens is 2. The lowest BCUT2D eigenvalue weighted by Gasteiger charge is -2.37. The molecular weight excluding hydrogens is 523 g/mol. The average molecular weight is 553 g/mol. The van der Waals surface area contributed by atoms with Crippen LogP contribution in [0.5, 0.6) is 5.75 Å². The van der Waals surface area contributed by atoms with Crippen LogP contribution in [0.25, 0.3) is 0 Å². The summed E-state index contributed by atoms with van der Waals surface area (Å²) < 4.78 is 46.5. The fourth-order valence-electron chi connectivity index (χ4n) is 5.36. The van der Waals surface area contributed by atoms with Crippen molar-refractivity contribution in [2.24, 2.45) is 5.73 Å². The van der Waals surface area contributed by atoms with Gasteiger partial charge in [-0.3, -0.25) is 9.59 Å². The number of sulfonamides is 1. The van der Waals surface area contributed by atoms with Crippen molar-refractivity contribution < 1.29 is 27.1 Å². The van der Waals surface area contributed by atoms with Crippen LogP contribution in [-0.4, -0.2) is 67.3 Å². The summed E-state index contributed by atoms with van der Waals surface area (Å²) in [4.78, 5) is 28.2. The molecule has 4 atom stereocenters. The summed E-state index contributed by atoms with van der Waals surface area (Å²) in [5.74, 6) is -0.478. The van der Waals surface area contributed by atoms with Crippen LogP contribution in [0.1, 0.15) is 37.3 Å². The summed E-state index contributed by atoms with van der Waals surface area (Å²) in [6, 6.07) is 9.83. The van der Waals surface area contributed by atoms with Gasteiger partial charge in [0.25, 0.3) is 0 Å². The lowest BCUT2D eigenvalue weighted by molar-refractivity contribution is -0.142. The van der Waals surface area contributed by atoms with Crippen LogP contribution in [0, 0.1) is 5.82 Å². The van der Waals surface area contributed by atoms with E-state index in [9.17, 15) is 22.4 Å². The number of ether oxygens (including phenoxy) is 1. The van der Waals surface area contributed by atoms with E-state index in [-0.39, 0.29) is 48.4 Å². The van der Waals surface area contributed by atoms with E-state index in [2.05, 4.69) is 5.32 Å². The Morgan fingerprint density at radius 2 is 1.78 bits per heavy atom. The van der Waals surface area contributed by atoms with E-state index in [1.54, 1.807) is 4.90 Å². The highest BCUT2D eigenvalue weighted by Crippen LogP contribution is 2.34. The minimum Gasteiger partial charge on any atom is -0.493 e. The van der Waals surface area contributed by atoms with Gasteiger partial charge in [-0.05, 0) is 49.6 Å². The Morgan fingerprint density at radius 1 is 1.05 bits per heavy atom. The minimum absolute atomic E-state index is 0. The number of para-hydroxylation sites is 1. The number of hydrogen-bond donors (Lipinski definition) is 2. The molecule has 0 radical (unpaired) electrons. The SMILES string of the molecule is Cl.N[C@H]1CN(S(=O)(=O)c2ccc(F)cc2)CC[C@H]2CC[C@@H](C(=O)N[C@@H]3CCOc4ccccc43)N2C1=O. The number of fused-ring (bicyclic) bond motifs is 2. The van der Waals surface area contributed by atoms with Gasteiger partial charge in [-0.1, -0.05) is 18.2 Å². The molecule has 12 heteroatoms. The molecule has 2 fully saturated rings. The van der Waals surface area contributed by atoms with Gasteiger partial charge in [-0.25, -0.2) is 12.8 Å². The monoisotopic (exact) mass is 552 g/mol. The standard InChI is InChI=1S/C25H29FN4O5S.ClH/c26-16-5-8-18(9-6-16)36(33,34)29-13-11-17-7-10-22(30(17)25(32)20(27)15-29)24(31)28-21-12-14-35-23-4-2-1-3-19(21)23;/h1-6,8-9,17,20-22H,7,10-15,27H2,(H,28,31);1H/t17-,20+,21-,22+;/m1./s1. The molecule has 3 N–H and O–H groups in total. The van der Waals surface area contributed by atoms with E-state index in [1.807, 2.05) is 24.3 Å². The Kier molecular flexibility index (Phi) is 8.08. The maximum atomic E-state index is 13.4. The molecule has 2 aromatic carbocycles. The largest absolute Gasteiger partial charge is 0.493 e. The molecule has 0 saturated carbocycles. The number of amides is 2. The second-order valence-corrected chi connectivity index (χ2v) is 11.4. The second kappa shape index (κ2) is 10.9. The van der Waals surface area contributed by atoms with Gasteiger partial charge in [-0.2, -0.15) is 4.31 Å². The van der Waals surface area contributed by atoms with Gasteiger partial charge in [-0.15, -0.1) is 12.4 Å². The number of carbonyl (C=O) groups excluding carboxylic acids is 2. The van der Waals surface area contributed by atoms with E-state index < -0.39 is 33.8 Å². The van der Waals surface area contributed by atoms with Crippen molar-refractivity contribution in [1.29, 1.82) is 0 Å². The minimum atomic E-state index is -3.96. The van der Waals surface area contributed by atoms with E-state index in [0.29, 0.717) is 32.3 Å². The lowest BCUT2D eigenvalue weighted by Crippen LogP contribution is -2.59. The molecular formula is C25H30ClFN4O5S. The first-order valence-corrected chi connectivity index (χ1v) is 13.6. The lowest BCUT2D eigenvalue weighted by atomic mass is 10.00. The molecule has 0 spiro atoms. The first-order valence-electron chi connectivity index (χ1n) is 12.1. The zero-order valence-electron chi connectivity index (χ0n) is 20.1. The predicted octanol–water partition coefficient (Wildman–Crippen LogP) is 1.97. The first kappa shape index (κ1) is 27.3. The number of nitrogens with zero attached hydrogens (tertiary/aromatic N) is 2. The Bertz CT molecular complexity index is 1260. The maximum absolute atomic E-state index is 13.4. The highest BCUT2D eigenvalue weighted by atomic mass is 35.5. The third-order valence-corrected chi connectivity index (χ3v) is 9.09. The number of nitrogens with one attached hydrogen (secondary N) is 1. The van der Waals surface area contributed by atoms with Crippen molar-refractivity contribution >= 4 is 34.2 Å². The average Bonchev–Trinajstić information content (AvgIpc) is 3.29. The zero-order chi connectivity index (χ0) is 25.4. The number of carbonyl (C=O) groups is 2. The first-order chi connectivity index (χ1) is 17.3. The van der Waals surface area contributed by atoms with Crippen LogP contribution in [0.3, 0.4) is 0 Å². The molecule has 200 valence electrons. The van der Waals surface area contributed by atoms with Gasteiger partial charge in [0.05, 0.1) is 23.6 Å². The van der Waals surface area contributed by atoms with Crippen molar-refractivity contribution in [1.82, 2.24) is 14.5 Å². The van der Waals surface area contributed by atoms with Crippen LogP contribution >= 0.6 is 12.4 Å². The molecule has 2 saturated heterocycles. The fraction of sp³-hybridized carbons (Fsp3) is 0.440. The van der Waals surface area contributed by atoms with Gasteiger partial charge < -0.3 is 20.7 Å². The van der Waals surface area contributed by atoms with E-state index in [4.69, 9.17) is 10.5 Å². The van der Waals surface area contributed by atoms with Crippen molar-refractivity contribution in [3.63, 3.8) is 0 Å². The summed E-state index contributed by atoms with van der Waals surface area (Å²) in [6.07, 6.45) is 2.06. The number of hydrogen-bond acceptors (Lipinski definition) is 6. The molecule has 5 rings (SSSR count). The van der Waals surface area contributed by atoms with E-state index >= 15 is 0 Å². The second-order valence-electron chi connectivity index (χ2n) is 9.44.